The van der Waals surface area contributed by atoms with Crippen molar-refractivity contribution < 1.29 is 13.6 Å². The molecular formula is C21H13F2N3OS. The standard InChI is InChI=1S/C21H13F2N3OS/c22-16-8-4-7-15(11-16)20(27)26(24-13-14-5-2-1-3-6-14)21-25-18-10-9-17(23)12-19(18)28-21/h1-13H/b24-13+. The molecule has 0 saturated heterocycles. The summed E-state index contributed by atoms with van der Waals surface area (Å²) in [5.41, 5.74) is 1.47. The Hall–Kier alpha value is -3.45. The number of hydrazone groups is 1. The van der Waals surface area contributed by atoms with E-state index in [2.05, 4.69) is 10.1 Å². The van der Waals surface area contributed by atoms with Crippen molar-refractivity contribution in [2.24, 2.45) is 5.10 Å². The zero-order valence-electron chi connectivity index (χ0n) is 14.4. The van der Waals surface area contributed by atoms with Crippen LogP contribution < -0.4 is 5.01 Å². The fourth-order valence-corrected chi connectivity index (χ4v) is 3.52. The Balaban J connectivity index is 1.77. The smallest absolute Gasteiger partial charge is 0.267 e. The van der Waals surface area contributed by atoms with E-state index >= 15 is 0 Å². The third-order valence-electron chi connectivity index (χ3n) is 3.91. The largest absolute Gasteiger partial charge is 0.280 e. The van der Waals surface area contributed by atoms with E-state index in [1.165, 1.54) is 42.6 Å². The molecule has 0 atom stereocenters. The molecule has 0 unspecified atom stereocenters. The van der Waals surface area contributed by atoms with Crippen molar-refractivity contribution in [3.8, 4) is 0 Å². The van der Waals surface area contributed by atoms with Crippen molar-refractivity contribution >= 4 is 38.8 Å². The zero-order valence-corrected chi connectivity index (χ0v) is 15.2. The molecule has 7 heteroatoms. The number of amides is 1. The third-order valence-corrected chi connectivity index (χ3v) is 4.90. The van der Waals surface area contributed by atoms with Gasteiger partial charge in [-0.2, -0.15) is 10.1 Å². The van der Waals surface area contributed by atoms with Crippen LogP contribution in [0.25, 0.3) is 10.2 Å². The first-order valence-electron chi connectivity index (χ1n) is 8.35. The highest BCUT2D eigenvalue weighted by Gasteiger charge is 2.21. The molecule has 3 aromatic carbocycles. The normalized spacial score (nSPS) is 11.2. The summed E-state index contributed by atoms with van der Waals surface area (Å²) in [6.07, 6.45) is 1.52. The van der Waals surface area contributed by atoms with Gasteiger partial charge in [0.1, 0.15) is 11.6 Å². The van der Waals surface area contributed by atoms with Gasteiger partial charge in [-0.25, -0.2) is 13.8 Å². The number of carbonyl (C=O) groups is 1. The van der Waals surface area contributed by atoms with Crippen molar-refractivity contribution in [2.75, 3.05) is 5.01 Å². The number of nitrogens with zero attached hydrogens (tertiary/aromatic N) is 3. The quantitative estimate of drug-likeness (QED) is 0.351. The van der Waals surface area contributed by atoms with Gasteiger partial charge >= 0.3 is 0 Å². The Labute approximate surface area is 163 Å². The van der Waals surface area contributed by atoms with Gasteiger partial charge in [-0.05, 0) is 42.0 Å². The number of hydrogen-bond acceptors (Lipinski definition) is 4. The van der Waals surface area contributed by atoms with E-state index < -0.39 is 17.5 Å². The van der Waals surface area contributed by atoms with Crippen LogP contribution in [-0.2, 0) is 0 Å². The summed E-state index contributed by atoms with van der Waals surface area (Å²) in [6, 6.07) is 18.8. The minimum Gasteiger partial charge on any atom is -0.267 e. The van der Waals surface area contributed by atoms with Crippen LogP contribution in [0.15, 0.2) is 77.9 Å². The molecule has 1 amide bonds. The van der Waals surface area contributed by atoms with E-state index in [-0.39, 0.29) is 10.7 Å². The zero-order chi connectivity index (χ0) is 19.5. The van der Waals surface area contributed by atoms with E-state index in [1.807, 2.05) is 30.3 Å². The topological polar surface area (TPSA) is 45.6 Å². The predicted octanol–water partition coefficient (Wildman–Crippen LogP) is 5.26. The molecule has 0 radical (unpaired) electrons. The first-order chi connectivity index (χ1) is 13.6. The molecule has 0 fully saturated rings. The average Bonchev–Trinajstić information content (AvgIpc) is 3.11. The first kappa shape index (κ1) is 17.9. The summed E-state index contributed by atoms with van der Waals surface area (Å²) in [6.45, 7) is 0. The van der Waals surface area contributed by atoms with Crippen LogP contribution in [0.5, 0.6) is 0 Å². The molecule has 1 heterocycles. The molecule has 0 aliphatic heterocycles. The number of halogens is 2. The van der Waals surface area contributed by atoms with Crippen LogP contribution in [0.3, 0.4) is 0 Å². The lowest BCUT2D eigenvalue weighted by molar-refractivity contribution is 0.0987. The summed E-state index contributed by atoms with van der Waals surface area (Å²) in [7, 11) is 0. The minimum absolute atomic E-state index is 0.135. The van der Waals surface area contributed by atoms with Crippen LogP contribution in [0.2, 0.25) is 0 Å². The van der Waals surface area contributed by atoms with Gasteiger partial charge in [0.05, 0.1) is 16.4 Å². The van der Waals surface area contributed by atoms with Gasteiger partial charge in [0, 0.05) is 5.56 Å². The number of aromatic nitrogens is 1. The fourth-order valence-electron chi connectivity index (χ4n) is 2.57. The molecule has 0 aliphatic rings. The Morgan fingerprint density at radius 1 is 0.964 bits per heavy atom. The molecule has 28 heavy (non-hydrogen) atoms. The molecule has 4 nitrogen and oxygen atoms in total. The second-order valence-electron chi connectivity index (χ2n) is 5.89. The van der Waals surface area contributed by atoms with Crippen LogP contribution >= 0.6 is 11.3 Å². The third kappa shape index (κ3) is 3.79. The maximum absolute atomic E-state index is 13.6. The monoisotopic (exact) mass is 393 g/mol. The maximum atomic E-state index is 13.6. The summed E-state index contributed by atoms with van der Waals surface area (Å²) in [5.74, 6) is -1.45. The van der Waals surface area contributed by atoms with Crippen LogP contribution in [-0.4, -0.2) is 17.1 Å². The van der Waals surface area contributed by atoms with E-state index in [4.69, 9.17) is 0 Å². The van der Waals surface area contributed by atoms with E-state index in [1.54, 1.807) is 0 Å². The van der Waals surface area contributed by atoms with Crippen molar-refractivity contribution in [3.63, 3.8) is 0 Å². The maximum Gasteiger partial charge on any atom is 0.280 e. The highest BCUT2D eigenvalue weighted by Crippen LogP contribution is 2.30. The lowest BCUT2D eigenvalue weighted by atomic mass is 10.2. The lowest BCUT2D eigenvalue weighted by Crippen LogP contribution is -2.25. The van der Waals surface area contributed by atoms with Gasteiger partial charge in [-0.15, -0.1) is 0 Å². The molecule has 0 bridgehead atoms. The van der Waals surface area contributed by atoms with Crippen molar-refractivity contribution in [3.05, 3.63) is 95.6 Å². The van der Waals surface area contributed by atoms with Gasteiger partial charge in [-0.3, -0.25) is 4.79 Å². The van der Waals surface area contributed by atoms with Crippen molar-refractivity contribution in [2.45, 2.75) is 0 Å². The Morgan fingerprint density at radius 3 is 2.54 bits per heavy atom. The van der Waals surface area contributed by atoms with Crippen molar-refractivity contribution in [1.29, 1.82) is 0 Å². The second kappa shape index (κ2) is 7.66. The van der Waals surface area contributed by atoms with E-state index in [9.17, 15) is 13.6 Å². The molecule has 4 aromatic rings. The molecular weight excluding hydrogens is 380 g/mol. The van der Waals surface area contributed by atoms with Crippen molar-refractivity contribution in [1.82, 2.24) is 4.98 Å². The Kier molecular flexibility index (Phi) is 4.90. The van der Waals surface area contributed by atoms with Crippen LogP contribution in [0, 0.1) is 11.6 Å². The van der Waals surface area contributed by atoms with Gasteiger partial charge in [-0.1, -0.05) is 47.7 Å². The lowest BCUT2D eigenvalue weighted by Gasteiger charge is -2.13. The molecule has 0 saturated carbocycles. The molecule has 0 aliphatic carbocycles. The Morgan fingerprint density at radius 2 is 1.75 bits per heavy atom. The first-order valence-corrected chi connectivity index (χ1v) is 9.17. The highest BCUT2D eigenvalue weighted by atomic mass is 32.1. The van der Waals surface area contributed by atoms with Crippen LogP contribution in [0.1, 0.15) is 15.9 Å². The highest BCUT2D eigenvalue weighted by molar-refractivity contribution is 7.22. The molecule has 138 valence electrons. The summed E-state index contributed by atoms with van der Waals surface area (Å²) >= 11 is 1.13. The number of anilines is 1. The number of benzene rings is 3. The number of thiazole rings is 1. The van der Waals surface area contributed by atoms with E-state index in [0.717, 1.165) is 28.0 Å². The summed E-state index contributed by atoms with van der Waals surface area (Å²) in [4.78, 5) is 17.4. The molecule has 0 spiro atoms. The Bertz CT molecular complexity index is 1170. The second-order valence-corrected chi connectivity index (χ2v) is 6.90. The summed E-state index contributed by atoms with van der Waals surface area (Å²) in [5, 5.41) is 5.65. The fraction of sp³-hybridized carbons (Fsp3) is 0. The number of rotatable bonds is 4. The average molecular weight is 393 g/mol. The minimum atomic E-state index is -0.536. The summed E-state index contributed by atoms with van der Waals surface area (Å²) < 4.78 is 27.7. The van der Waals surface area contributed by atoms with Gasteiger partial charge in [0.15, 0.2) is 0 Å². The van der Waals surface area contributed by atoms with Gasteiger partial charge < -0.3 is 0 Å². The molecule has 1 aromatic heterocycles. The molecule has 0 N–H and O–H groups in total. The number of fused-ring (bicyclic) bond motifs is 1. The van der Waals surface area contributed by atoms with E-state index in [0.29, 0.717) is 10.2 Å². The van der Waals surface area contributed by atoms with Gasteiger partial charge in [0.25, 0.3) is 5.91 Å². The number of hydrogen-bond donors (Lipinski definition) is 0. The SMILES string of the molecule is O=C(c1cccc(F)c1)N(/N=C/c1ccccc1)c1nc2ccc(F)cc2s1. The van der Waals surface area contributed by atoms with Gasteiger partial charge in [0.2, 0.25) is 5.13 Å². The predicted molar refractivity (Wildman–Crippen MR) is 107 cm³/mol. The molecule has 4 rings (SSSR count). The number of carbonyl (C=O) groups excluding carboxylic acids is 1. The van der Waals surface area contributed by atoms with Crippen LogP contribution in [0.4, 0.5) is 13.9 Å².